The Kier molecular flexibility index (Phi) is 9.52. The van der Waals surface area contributed by atoms with Gasteiger partial charge in [0.05, 0.1) is 6.61 Å². The molecule has 1 aliphatic rings. The first-order chi connectivity index (χ1) is 7.33. The summed E-state index contributed by atoms with van der Waals surface area (Å²) in [5.41, 5.74) is 0. The molecule has 0 unspecified atom stereocenters. The van der Waals surface area contributed by atoms with Crippen molar-refractivity contribution in [2.75, 3.05) is 33.4 Å². The number of esters is 1. The molecular weight excluding hydrogens is 194 g/mol. The predicted octanol–water partition coefficient (Wildman–Crippen LogP) is 1.20. The summed E-state index contributed by atoms with van der Waals surface area (Å²) in [7, 11) is 1.49. The Balaban J connectivity index is 0.000000921. The lowest BCUT2D eigenvalue weighted by atomic mass is 9.99. The zero-order valence-corrected chi connectivity index (χ0v) is 10.0. The highest BCUT2D eigenvalue weighted by Gasteiger charge is 2.14. The second-order valence-electron chi connectivity index (χ2n) is 3.31. The summed E-state index contributed by atoms with van der Waals surface area (Å²) in [5.74, 6) is 0.267. The zero-order chi connectivity index (χ0) is 11.5. The third-order valence-electron chi connectivity index (χ3n) is 2.20. The number of rotatable bonds is 4. The molecule has 0 radical (unpaired) electrons. The van der Waals surface area contributed by atoms with Gasteiger partial charge >= 0.3 is 5.97 Å². The SMILES string of the molecule is CC.COCC(=O)OCC1CCNCC1. The van der Waals surface area contributed by atoms with Gasteiger partial charge in [0, 0.05) is 7.11 Å². The molecule has 0 saturated carbocycles. The van der Waals surface area contributed by atoms with Crippen molar-refractivity contribution in [1.82, 2.24) is 5.32 Å². The number of ether oxygens (including phenoxy) is 2. The van der Waals surface area contributed by atoms with Crippen LogP contribution in [0, 0.1) is 5.92 Å². The molecule has 0 bridgehead atoms. The quantitative estimate of drug-likeness (QED) is 0.719. The van der Waals surface area contributed by atoms with Gasteiger partial charge in [0.15, 0.2) is 0 Å². The van der Waals surface area contributed by atoms with Crippen molar-refractivity contribution in [3.05, 3.63) is 0 Å². The molecule has 0 aromatic rings. The monoisotopic (exact) mass is 217 g/mol. The van der Waals surface area contributed by atoms with E-state index in [1.54, 1.807) is 0 Å². The first-order valence-corrected chi connectivity index (χ1v) is 5.68. The lowest BCUT2D eigenvalue weighted by Gasteiger charge is -2.21. The van der Waals surface area contributed by atoms with Gasteiger partial charge in [-0.1, -0.05) is 13.8 Å². The summed E-state index contributed by atoms with van der Waals surface area (Å²) in [6.45, 7) is 6.67. The van der Waals surface area contributed by atoms with E-state index in [2.05, 4.69) is 10.1 Å². The lowest BCUT2D eigenvalue weighted by Crippen LogP contribution is -2.30. The lowest BCUT2D eigenvalue weighted by molar-refractivity contribution is -0.149. The van der Waals surface area contributed by atoms with Crippen molar-refractivity contribution < 1.29 is 14.3 Å². The molecule has 1 rings (SSSR count). The number of piperidine rings is 1. The Bertz CT molecular complexity index is 156. The molecule has 0 atom stereocenters. The minimum atomic E-state index is -0.263. The fourth-order valence-electron chi connectivity index (χ4n) is 1.42. The fourth-order valence-corrected chi connectivity index (χ4v) is 1.42. The molecule has 1 heterocycles. The maximum Gasteiger partial charge on any atom is 0.332 e. The number of carbonyl (C=O) groups is 1. The van der Waals surface area contributed by atoms with Gasteiger partial charge < -0.3 is 14.8 Å². The summed E-state index contributed by atoms with van der Waals surface area (Å²) in [5, 5.41) is 3.26. The summed E-state index contributed by atoms with van der Waals surface area (Å²) in [4.78, 5) is 10.9. The van der Waals surface area contributed by atoms with Gasteiger partial charge in [-0.25, -0.2) is 4.79 Å². The van der Waals surface area contributed by atoms with Gasteiger partial charge in [-0.2, -0.15) is 0 Å². The van der Waals surface area contributed by atoms with Crippen LogP contribution in [0.3, 0.4) is 0 Å². The largest absolute Gasteiger partial charge is 0.464 e. The van der Waals surface area contributed by atoms with Gasteiger partial charge in [0.25, 0.3) is 0 Å². The van der Waals surface area contributed by atoms with Crippen LogP contribution < -0.4 is 5.32 Å². The van der Waals surface area contributed by atoms with Crippen molar-refractivity contribution in [3.8, 4) is 0 Å². The van der Waals surface area contributed by atoms with Crippen LogP contribution in [0.5, 0.6) is 0 Å². The molecule has 1 fully saturated rings. The Morgan fingerprint density at radius 1 is 1.33 bits per heavy atom. The van der Waals surface area contributed by atoms with Crippen molar-refractivity contribution in [2.24, 2.45) is 5.92 Å². The molecule has 1 aliphatic heterocycles. The van der Waals surface area contributed by atoms with Crippen molar-refractivity contribution >= 4 is 5.97 Å². The van der Waals surface area contributed by atoms with Crippen molar-refractivity contribution in [1.29, 1.82) is 0 Å². The molecule has 1 saturated heterocycles. The highest BCUT2D eigenvalue weighted by molar-refractivity contribution is 5.70. The van der Waals surface area contributed by atoms with E-state index < -0.39 is 0 Å². The molecule has 0 aromatic carbocycles. The Hall–Kier alpha value is -0.610. The van der Waals surface area contributed by atoms with Crippen molar-refractivity contribution in [3.63, 3.8) is 0 Å². The molecule has 15 heavy (non-hydrogen) atoms. The van der Waals surface area contributed by atoms with Gasteiger partial charge in [-0.15, -0.1) is 0 Å². The van der Waals surface area contributed by atoms with Gasteiger partial charge in [0.2, 0.25) is 0 Å². The summed E-state index contributed by atoms with van der Waals surface area (Å²) >= 11 is 0. The Labute approximate surface area is 92.3 Å². The molecular formula is C11H23NO3. The first-order valence-electron chi connectivity index (χ1n) is 5.68. The van der Waals surface area contributed by atoms with Gasteiger partial charge in [-0.3, -0.25) is 0 Å². The Morgan fingerprint density at radius 2 is 1.93 bits per heavy atom. The Morgan fingerprint density at radius 3 is 2.47 bits per heavy atom. The molecule has 90 valence electrons. The number of hydrogen-bond acceptors (Lipinski definition) is 4. The maximum atomic E-state index is 10.9. The standard InChI is InChI=1S/C9H17NO3.C2H6/c1-12-7-9(11)13-6-8-2-4-10-5-3-8;1-2/h8,10H,2-7H2,1H3;1-2H3. The molecule has 0 aromatic heterocycles. The van der Waals surface area contributed by atoms with Crippen LogP contribution in [0.25, 0.3) is 0 Å². The van der Waals surface area contributed by atoms with Crippen LogP contribution >= 0.6 is 0 Å². The maximum absolute atomic E-state index is 10.9. The predicted molar refractivity (Wildman–Crippen MR) is 59.8 cm³/mol. The van der Waals surface area contributed by atoms with E-state index in [0.717, 1.165) is 25.9 Å². The van der Waals surface area contributed by atoms with E-state index in [-0.39, 0.29) is 12.6 Å². The molecule has 0 amide bonds. The third kappa shape index (κ3) is 7.33. The number of methoxy groups -OCH3 is 1. The van der Waals surface area contributed by atoms with Crippen LogP contribution in [0.2, 0.25) is 0 Å². The topological polar surface area (TPSA) is 47.6 Å². The minimum Gasteiger partial charge on any atom is -0.464 e. The summed E-state index contributed by atoms with van der Waals surface area (Å²) < 4.78 is 9.69. The van der Waals surface area contributed by atoms with E-state index in [1.165, 1.54) is 7.11 Å². The van der Waals surface area contributed by atoms with Crippen molar-refractivity contribution in [2.45, 2.75) is 26.7 Å². The van der Waals surface area contributed by atoms with Crippen LogP contribution in [0.15, 0.2) is 0 Å². The molecule has 0 aliphatic carbocycles. The van der Waals surface area contributed by atoms with E-state index >= 15 is 0 Å². The van der Waals surface area contributed by atoms with Crippen LogP contribution in [0.1, 0.15) is 26.7 Å². The number of hydrogen-bond donors (Lipinski definition) is 1. The molecule has 4 nitrogen and oxygen atoms in total. The van der Waals surface area contributed by atoms with E-state index in [0.29, 0.717) is 12.5 Å². The second-order valence-corrected chi connectivity index (χ2v) is 3.31. The first kappa shape index (κ1) is 14.4. The van der Waals surface area contributed by atoms with Crippen LogP contribution in [-0.4, -0.2) is 39.4 Å². The van der Waals surface area contributed by atoms with Gasteiger partial charge in [0.1, 0.15) is 6.61 Å². The number of carbonyl (C=O) groups excluding carboxylic acids is 1. The van der Waals surface area contributed by atoms with Gasteiger partial charge in [-0.05, 0) is 31.8 Å². The van der Waals surface area contributed by atoms with E-state index in [1.807, 2.05) is 13.8 Å². The minimum absolute atomic E-state index is 0.0605. The highest BCUT2D eigenvalue weighted by Crippen LogP contribution is 2.11. The smallest absolute Gasteiger partial charge is 0.332 e. The summed E-state index contributed by atoms with van der Waals surface area (Å²) in [6.07, 6.45) is 2.19. The van der Waals surface area contributed by atoms with Crippen LogP contribution in [0.4, 0.5) is 0 Å². The fraction of sp³-hybridized carbons (Fsp3) is 0.909. The molecule has 0 spiro atoms. The summed E-state index contributed by atoms with van der Waals surface area (Å²) in [6, 6.07) is 0. The normalized spacial score (nSPS) is 16.5. The zero-order valence-electron chi connectivity index (χ0n) is 10.0. The van der Waals surface area contributed by atoms with Crippen LogP contribution in [-0.2, 0) is 14.3 Å². The molecule has 4 heteroatoms. The average Bonchev–Trinajstić information content (AvgIpc) is 2.31. The van der Waals surface area contributed by atoms with E-state index in [4.69, 9.17) is 4.74 Å². The second kappa shape index (κ2) is 9.93. The highest BCUT2D eigenvalue weighted by atomic mass is 16.6. The third-order valence-corrected chi connectivity index (χ3v) is 2.20. The molecule has 1 N–H and O–H groups in total. The van der Waals surface area contributed by atoms with E-state index in [9.17, 15) is 4.79 Å². The number of nitrogens with one attached hydrogen (secondary N) is 1. The average molecular weight is 217 g/mol.